The first-order chi connectivity index (χ1) is 12.1. The van der Waals surface area contributed by atoms with E-state index in [9.17, 15) is 4.79 Å². The minimum absolute atomic E-state index is 0.0705. The van der Waals surface area contributed by atoms with Crippen LogP contribution in [0.2, 0.25) is 0 Å². The summed E-state index contributed by atoms with van der Waals surface area (Å²) in [5.74, 6) is -0.0705. The fraction of sp³-hybridized carbons (Fsp3) is 0.200. The van der Waals surface area contributed by atoms with Gasteiger partial charge in [0, 0.05) is 28.6 Å². The van der Waals surface area contributed by atoms with Crippen LogP contribution in [0.3, 0.4) is 0 Å². The number of fused-ring (bicyclic) bond motifs is 4. The maximum atomic E-state index is 12.6. The van der Waals surface area contributed by atoms with Gasteiger partial charge in [-0.3, -0.25) is 4.79 Å². The van der Waals surface area contributed by atoms with Gasteiger partial charge in [-0.25, -0.2) is 4.98 Å². The van der Waals surface area contributed by atoms with Crippen molar-refractivity contribution in [3.05, 3.63) is 54.1 Å². The van der Waals surface area contributed by atoms with E-state index in [1.165, 1.54) is 4.70 Å². The molecule has 1 N–H and O–H groups in total. The molecule has 4 nitrogen and oxygen atoms in total. The summed E-state index contributed by atoms with van der Waals surface area (Å²) in [4.78, 5) is 19.5. The molecular weight excluding hydrogens is 330 g/mol. The molecule has 0 aliphatic rings. The molecule has 4 rings (SSSR count). The quantitative estimate of drug-likeness (QED) is 0.608. The highest BCUT2D eigenvalue weighted by Crippen LogP contribution is 2.34. The van der Waals surface area contributed by atoms with Crippen molar-refractivity contribution < 1.29 is 4.79 Å². The van der Waals surface area contributed by atoms with E-state index in [1.807, 2.05) is 49.3 Å². The van der Waals surface area contributed by atoms with E-state index < -0.39 is 0 Å². The Labute approximate surface area is 150 Å². The lowest BCUT2D eigenvalue weighted by atomic mass is 10.1. The van der Waals surface area contributed by atoms with Crippen LogP contribution < -0.4 is 5.32 Å². The first kappa shape index (κ1) is 16.0. The molecule has 126 valence electrons. The highest BCUT2D eigenvalue weighted by atomic mass is 32.1. The number of carbonyl (C=O) groups excluding carboxylic acids is 1. The number of nitrogens with zero attached hydrogens (tertiary/aromatic N) is 2. The molecule has 0 aliphatic carbocycles. The average Bonchev–Trinajstić information content (AvgIpc) is 2.96. The standard InChI is InChI=1S/C20H19N3OS/c1-23(2)11-10-21-20(24)15-8-5-6-13-12-17-19(22-18(13)15)14-7-3-4-9-16(14)25-17/h3-9,12H,10-11H2,1-2H3,(H,21,24). The van der Waals surface area contributed by atoms with Crippen LogP contribution in [0.25, 0.3) is 31.2 Å². The largest absolute Gasteiger partial charge is 0.351 e. The topological polar surface area (TPSA) is 45.2 Å². The van der Waals surface area contributed by atoms with Gasteiger partial charge in [-0.1, -0.05) is 30.3 Å². The Morgan fingerprint density at radius 2 is 1.92 bits per heavy atom. The predicted octanol–water partition coefficient (Wildman–Crippen LogP) is 3.89. The summed E-state index contributed by atoms with van der Waals surface area (Å²) in [7, 11) is 3.98. The minimum atomic E-state index is -0.0705. The van der Waals surface area contributed by atoms with Gasteiger partial charge in [-0.05, 0) is 32.3 Å². The van der Waals surface area contributed by atoms with Crippen molar-refractivity contribution >= 4 is 48.4 Å². The number of para-hydroxylation sites is 1. The highest BCUT2D eigenvalue weighted by molar-refractivity contribution is 7.25. The summed E-state index contributed by atoms with van der Waals surface area (Å²) < 4.78 is 2.37. The monoisotopic (exact) mass is 349 g/mol. The Morgan fingerprint density at radius 1 is 1.08 bits per heavy atom. The summed E-state index contributed by atoms with van der Waals surface area (Å²) in [5.41, 5.74) is 2.37. The maximum Gasteiger partial charge on any atom is 0.253 e. The van der Waals surface area contributed by atoms with E-state index >= 15 is 0 Å². The Hall–Kier alpha value is -2.50. The van der Waals surface area contributed by atoms with Gasteiger partial charge >= 0.3 is 0 Å². The molecule has 0 saturated heterocycles. The number of aromatic nitrogens is 1. The van der Waals surface area contributed by atoms with Crippen LogP contribution >= 0.6 is 11.3 Å². The molecule has 0 bridgehead atoms. The second-order valence-corrected chi connectivity index (χ2v) is 7.45. The van der Waals surface area contributed by atoms with Gasteiger partial charge in [0.2, 0.25) is 0 Å². The second kappa shape index (κ2) is 6.43. The molecule has 4 aromatic rings. The van der Waals surface area contributed by atoms with Crippen LogP contribution in [-0.4, -0.2) is 43.0 Å². The van der Waals surface area contributed by atoms with Gasteiger partial charge in [0.1, 0.15) is 0 Å². The number of carbonyl (C=O) groups is 1. The molecule has 0 fully saturated rings. The van der Waals surface area contributed by atoms with E-state index in [2.05, 4.69) is 23.5 Å². The number of hydrogen-bond acceptors (Lipinski definition) is 4. The van der Waals surface area contributed by atoms with Gasteiger partial charge in [-0.15, -0.1) is 11.3 Å². The summed E-state index contributed by atoms with van der Waals surface area (Å²) in [6.07, 6.45) is 0. The molecule has 0 saturated carbocycles. The first-order valence-corrected chi connectivity index (χ1v) is 9.09. The normalized spacial score (nSPS) is 11.6. The van der Waals surface area contributed by atoms with E-state index in [4.69, 9.17) is 4.98 Å². The number of nitrogens with one attached hydrogen (secondary N) is 1. The fourth-order valence-corrected chi connectivity index (χ4v) is 4.09. The number of rotatable bonds is 4. The van der Waals surface area contributed by atoms with Crippen molar-refractivity contribution in [2.24, 2.45) is 0 Å². The molecule has 5 heteroatoms. The van der Waals surface area contributed by atoms with Gasteiger partial charge in [-0.2, -0.15) is 0 Å². The van der Waals surface area contributed by atoms with Crippen molar-refractivity contribution in [1.82, 2.24) is 15.2 Å². The predicted molar refractivity (Wildman–Crippen MR) is 106 cm³/mol. The third kappa shape index (κ3) is 2.97. The van der Waals surface area contributed by atoms with Gasteiger partial charge in [0.05, 0.1) is 21.3 Å². The van der Waals surface area contributed by atoms with Gasteiger partial charge in [0.25, 0.3) is 5.91 Å². The molecule has 0 radical (unpaired) electrons. The van der Waals surface area contributed by atoms with Crippen LogP contribution in [0.1, 0.15) is 10.4 Å². The van der Waals surface area contributed by atoms with Crippen molar-refractivity contribution in [2.45, 2.75) is 0 Å². The zero-order chi connectivity index (χ0) is 17.4. The number of likely N-dealkylation sites (N-methyl/N-ethyl adjacent to an activating group) is 1. The van der Waals surface area contributed by atoms with Crippen LogP contribution in [0.5, 0.6) is 0 Å². The van der Waals surface area contributed by atoms with Crippen molar-refractivity contribution in [1.29, 1.82) is 0 Å². The summed E-state index contributed by atoms with van der Waals surface area (Å²) in [6.45, 7) is 1.43. The molecule has 2 aromatic heterocycles. The second-order valence-electron chi connectivity index (χ2n) is 6.37. The third-order valence-corrected chi connectivity index (χ3v) is 5.37. The lowest BCUT2D eigenvalue weighted by Gasteiger charge is -2.11. The molecule has 0 aliphatic heterocycles. The van der Waals surface area contributed by atoms with E-state index in [0.717, 1.165) is 33.1 Å². The number of amides is 1. The zero-order valence-corrected chi connectivity index (χ0v) is 15.1. The maximum absolute atomic E-state index is 12.6. The molecule has 25 heavy (non-hydrogen) atoms. The minimum Gasteiger partial charge on any atom is -0.351 e. The lowest BCUT2D eigenvalue weighted by Crippen LogP contribution is -2.31. The molecule has 2 aromatic carbocycles. The van der Waals surface area contributed by atoms with Crippen LogP contribution in [0.15, 0.2) is 48.5 Å². The Morgan fingerprint density at radius 3 is 2.76 bits per heavy atom. The number of benzene rings is 2. The van der Waals surface area contributed by atoms with Crippen molar-refractivity contribution in [3.8, 4) is 0 Å². The first-order valence-electron chi connectivity index (χ1n) is 8.27. The van der Waals surface area contributed by atoms with E-state index in [1.54, 1.807) is 11.3 Å². The Kier molecular flexibility index (Phi) is 4.11. The fourth-order valence-electron chi connectivity index (χ4n) is 2.99. The van der Waals surface area contributed by atoms with Crippen LogP contribution in [0, 0.1) is 0 Å². The zero-order valence-electron chi connectivity index (χ0n) is 14.2. The Balaban J connectivity index is 1.82. The Bertz CT molecular complexity index is 1080. The van der Waals surface area contributed by atoms with Gasteiger partial charge < -0.3 is 10.2 Å². The summed E-state index contributed by atoms with van der Waals surface area (Å²) in [6, 6.07) is 16.2. The van der Waals surface area contributed by atoms with Crippen LogP contribution in [-0.2, 0) is 0 Å². The third-order valence-electron chi connectivity index (χ3n) is 4.26. The number of thiophene rings is 1. The smallest absolute Gasteiger partial charge is 0.253 e. The molecule has 0 unspecified atom stereocenters. The summed E-state index contributed by atoms with van der Waals surface area (Å²) >= 11 is 1.74. The molecule has 1 amide bonds. The SMILES string of the molecule is CN(C)CCNC(=O)c1cccc2cc3sc4ccccc4c3nc12. The van der Waals surface area contributed by atoms with Gasteiger partial charge in [0.15, 0.2) is 0 Å². The number of pyridine rings is 1. The molecule has 0 spiro atoms. The van der Waals surface area contributed by atoms with Crippen molar-refractivity contribution in [2.75, 3.05) is 27.2 Å². The molecule has 0 atom stereocenters. The number of hydrogen-bond donors (Lipinski definition) is 1. The average molecular weight is 349 g/mol. The van der Waals surface area contributed by atoms with Crippen LogP contribution in [0.4, 0.5) is 0 Å². The van der Waals surface area contributed by atoms with E-state index in [0.29, 0.717) is 12.1 Å². The molecule has 2 heterocycles. The highest BCUT2D eigenvalue weighted by Gasteiger charge is 2.14. The van der Waals surface area contributed by atoms with E-state index in [-0.39, 0.29) is 5.91 Å². The molecular formula is C20H19N3OS. The summed E-state index contributed by atoms with van der Waals surface area (Å²) in [5, 5.41) is 5.13. The lowest BCUT2D eigenvalue weighted by molar-refractivity contribution is 0.0952. The van der Waals surface area contributed by atoms with Crippen molar-refractivity contribution in [3.63, 3.8) is 0 Å².